The minimum atomic E-state index is -0.476. The van der Waals surface area contributed by atoms with Gasteiger partial charge in [-0.05, 0) is 59.3 Å². The summed E-state index contributed by atoms with van der Waals surface area (Å²) in [6.45, 7) is 1.34. The summed E-state index contributed by atoms with van der Waals surface area (Å²) in [6, 6.07) is 8.98. The Bertz CT molecular complexity index is 796. The molecule has 0 saturated heterocycles. The van der Waals surface area contributed by atoms with Crippen molar-refractivity contribution in [3.63, 3.8) is 0 Å². The summed E-state index contributed by atoms with van der Waals surface area (Å²) in [5, 5.41) is 23.6. The van der Waals surface area contributed by atoms with Crippen LogP contribution in [0.25, 0.3) is 0 Å². The predicted octanol–water partition coefficient (Wildman–Crippen LogP) is 3.43. The number of carbonyl (C=O) groups is 1. The van der Waals surface area contributed by atoms with Crippen molar-refractivity contribution in [1.29, 1.82) is 0 Å². The third-order valence-corrected chi connectivity index (χ3v) is 3.83. The molecule has 0 aliphatic rings. The fourth-order valence-corrected chi connectivity index (χ4v) is 2.59. The highest BCUT2D eigenvalue weighted by Crippen LogP contribution is 2.27. The van der Waals surface area contributed by atoms with E-state index in [9.17, 15) is 15.0 Å². The molecular weight excluding hydrogens is 400 g/mol. The monoisotopic (exact) mass is 412 g/mol. The van der Waals surface area contributed by atoms with Crippen LogP contribution in [0.4, 0.5) is 0 Å². The normalized spacial score (nSPS) is 11.2. The molecule has 0 saturated carbocycles. The summed E-state index contributed by atoms with van der Waals surface area (Å²) in [6.07, 6.45) is 0. The molecule has 0 atom stereocenters. The number of halogens is 2. The SMILES string of the molecule is CC(=NNC(=O)COc1ccc(Cl)cc1Br)c1cc(O)ccc1O. The number of hydrogen-bond donors (Lipinski definition) is 3. The fraction of sp³-hybridized carbons (Fsp3) is 0.125. The summed E-state index contributed by atoms with van der Waals surface area (Å²) >= 11 is 9.11. The number of amides is 1. The molecule has 0 bridgehead atoms. The van der Waals surface area contributed by atoms with Crippen molar-refractivity contribution in [2.75, 3.05) is 6.61 Å². The molecule has 0 aliphatic heterocycles. The van der Waals surface area contributed by atoms with Crippen LogP contribution in [-0.2, 0) is 4.79 Å². The van der Waals surface area contributed by atoms with Crippen molar-refractivity contribution in [1.82, 2.24) is 5.43 Å². The second kappa shape index (κ2) is 8.03. The van der Waals surface area contributed by atoms with Crippen LogP contribution in [0.15, 0.2) is 46.0 Å². The van der Waals surface area contributed by atoms with Crippen LogP contribution in [0.3, 0.4) is 0 Å². The molecule has 1 amide bonds. The fourth-order valence-electron chi connectivity index (χ4n) is 1.79. The maximum Gasteiger partial charge on any atom is 0.277 e. The predicted molar refractivity (Wildman–Crippen MR) is 94.8 cm³/mol. The second-order valence-corrected chi connectivity index (χ2v) is 6.09. The van der Waals surface area contributed by atoms with E-state index in [4.69, 9.17) is 16.3 Å². The van der Waals surface area contributed by atoms with Crippen LogP contribution in [0, 0.1) is 0 Å². The number of carbonyl (C=O) groups excluding carboxylic acids is 1. The molecule has 0 radical (unpaired) electrons. The van der Waals surface area contributed by atoms with Crippen LogP contribution in [0.1, 0.15) is 12.5 Å². The molecular formula is C16H14BrClN2O4. The van der Waals surface area contributed by atoms with Gasteiger partial charge in [-0.15, -0.1) is 0 Å². The van der Waals surface area contributed by atoms with E-state index in [1.54, 1.807) is 25.1 Å². The number of rotatable bonds is 5. The zero-order chi connectivity index (χ0) is 17.7. The third kappa shape index (κ3) is 4.87. The minimum absolute atomic E-state index is 0.0143. The molecule has 0 aliphatic carbocycles. The summed E-state index contributed by atoms with van der Waals surface area (Å²) in [5.74, 6) is -0.0686. The van der Waals surface area contributed by atoms with Crippen molar-refractivity contribution in [2.45, 2.75) is 6.92 Å². The number of benzene rings is 2. The Morgan fingerprint density at radius 1 is 1.29 bits per heavy atom. The molecule has 0 aromatic heterocycles. The van der Waals surface area contributed by atoms with Crippen molar-refractivity contribution >= 4 is 39.1 Å². The Morgan fingerprint density at radius 3 is 2.75 bits per heavy atom. The Morgan fingerprint density at radius 2 is 2.04 bits per heavy atom. The van der Waals surface area contributed by atoms with Gasteiger partial charge in [0.15, 0.2) is 6.61 Å². The molecule has 2 aromatic rings. The molecule has 6 nitrogen and oxygen atoms in total. The molecule has 0 unspecified atom stereocenters. The number of aromatic hydroxyl groups is 2. The van der Waals surface area contributed by atoms with E-state index in [0.29, 0.717) is 26.5 Å². The zero-order valence-electron chi connectivity index (χ0n) is 12.6. The van der Waals surface area contributed by atoms with Crippen LogP contribution < -0.4 is 10.2 Å². The molecule has 2 aromatic carbocycles. The van der Waals surface area contributed by atoms with Gasteiger partial charge in [0.2, 0.25) is 0 Å². The average Bonchev–Trinajstić information content (AvgIpc) is 2.54. The van der Waals surface area contributed by atoms with Gasteiger partial charge in [0, 0.05) is 10.6 Å². The minimum Gasteiger partial charge on any atom is -0.508 e. The summed E-state index contributed by atoms with van der Waals surface area (Å²) in [7, 11) is 0. The summed E-state index contributed by atoms with van der Waals surface area (Å²) < 4.78 is 5.99. The molecule has 0 heterocycles. The number of nitrogens with one attached hydrogen (secondary N) is 1. The molecule has 0 fully saturated rings. The van der Waals surface area contributed by atoms with Crippen LogP contribution in [0.5, 0.6) is 17.2 Å². The Labute approximate surface area is 151 Å². The van der Waals surface area contributed by atoms with Gasteiger partial charge in [0.1, 0.15) is 17.2 Å². The third-order valence-electron chi connectivity index (χ3n) is 2.97. The molecule has 24 heavy (non-hydrogen) atoms. The quantitative estimate of drug-likeness (QED) is 0.398. The number of hydrogen-bond acceptors (Lipinski definition) is 5. The maximum atomic E-state index is 11.8. The van der Waals surface area contributed by atoms with Gasteiger partial charge < -0.3 is 14.9 Å². The first kappa shape index (κ1) is 18.1. The highest BCUT2D eigenvalue weighted by atomic mass is 79.9. The van der Waals surface area contributed by atoms with Crippen LogP contribution >= 0.6 is 27.5 Å². The molecule has 8 heteroatoms. The lowest BCUT2D eigenvalue weighted by Crippen LogP contribution is -2.25. The smallest absolute Gasteiger partial charge is 0.277 e. The van der Waals surface area contributed by atoms with Gasteiger partial charge in [-0.3, -0.25) is 4.79 Å². The van der Waals surface area contributed by atoms with Gasteiger partial charge in [0.05, 0.1) is 10.2 Å². The van der Waals surface area contributed by atoms with Crippen molar-refractivity contribution in [2.24, 2.45) is 5.10 Å². The van der Waals surface area contributed by atoms with Crippen LogP contribution in [-0.4, -0.2) is 28.4 Å². The molecule has 2 rings (SSSR count). The molecule has 126 valence electrons. The van der Waals surface area contributed by atoms with E-state index in [-0.39, 0.29) is 18.1 Å². The lowest BCUT2D eigenvalue weighted by molar-refractivity contribution is -0.123. The largest absolute Gasteiger partial charge is 0.508 e. The number of hydrazone groups is 1. The van der Waals surface area contributed by atoms with Crippen molar-refractivity contribution in [3.8, 4) is 17.2 Å². The van der Waals surface area contributed by atoms with Gasteiger partial charge in [-0.1, -0.05) is 11.6 Å². The molecule has 0 spiro atoms. The number of nitrogens with zero attached hydrogens (tertiary/aromatic N) is 1. The van der Waals surface area contributed by atoms with E-state index in [1.807, 2.05) is 0 Å². The standard InChI is InChI=1S/C16H14BrClN2O4/c1-9(12-7-11(21)3-4-14(12)22)19-20-16(23)8-24-15-5-2-10(18)6-13(15)17/h2-7,21-22H,8H2,1H3,(H,20,23). The van der Waals surface area contributed by atoms with Gasteiger partial charge in [0.25, 0.3) is 5.91 Å². The zero-order valence-corrected chi connectivity index (χ0v) is 14.9. The summed E-state index contributed by atoms with van der Waals surface area (Å²) in [4.78, 5) is 11.8. The van der Waals surface area contributed by atoms with E-state index in [2.05, 4.69) is 26.5 Å². The highest BCUT2D eigenvalue weighted by molar-refractivity contribution is 9.10. The topological polar surface area (TPSA) is 91.2 Å². The lowest BCUT2D eigenvalue weighted by Gasteiger charge is -2.08. The highest BCUT2D eigenvalue weighted by Gasteiger charge is 2.08. The summed E-state index contributed by atoms with van der Waals surface area (Å²) in [5.41, 5.74) is 2.97. The van der Waals surface area contributed by atoms with E-state index >= 15 is 0 Å². The van der Waals surface area contributed by atoms with Crippen LogP contribution in [0.2, 0.25) is 5.02 Å². The Balaban J connectivity index is 1.95. The van der Waals surface area contributed by atoms with Crippen molar-refractivity contribution in [3.05, 3.63) is 51.5 Å². The first-order valence-electron chi connectivity index (χ1n) is 6.80. The second-order valence-electron chi connectivity index (χ2n) is 4.80. The average molecular weight is 414 g/mol. The van der Waals surface area contributed by atoms with E-state index in [0.717, 1.165) is 0 Å². The first-order chi connectivity index (χ1) is 11.4. The van der Waals surface area contributed by atoms with E-state index in [1.165, 1.54) is 18.2 Å². The van der Waals surface area contributed by atoms with Crippen molar-refractivity contribution < 1.29 is 19.7 Å². The number of phenols is 2. The lowest BCUT2D eigenvalue weighted by atomic mass is 10.1. The Kier molecular flexibility index (Phi) is 6.05. The number of phenolic OH excluding ortho intramolecular Hbond substituents is 2. The Hall–Kier alpha value is -2.25. The first-order valence-corrected chi connectivity index (χ1v) is 7.97. The van der Waals surface area contributed by atoms with Gasteiger partial charge >= 0.3 is 0 Å². The maximum absolute atomic E-state index is 11.8. The number of ether oxygens (including phenoxy) is 1. The molecule has 3 N–H and O–H groups in total. The van der Waals surface area contributed by atoms with E-state index < -0.39 is 5.91 Å². The van der Waals surface area contributed by atoms with Gasteiger partial charge in [-0.25, -0.2) is 5.43 Å². The van der Waals surface area contributed by atoms with Gasteiger partial charge in [-0.2, -0.15) is 5.10 Å².